The fourth-order valence-corrected chi connectivity index (χ4v) is 2.04. The first-order valence-electron chi connectivity index (χ1n) is 4.65. The number of hydrogen-bond acceptors (Lipinski definition) is 4. The monoisotopic (exact) mass is 243 g/mol. The van der Waals surface area contributed by atoms with E-state index in [1.807, 2.05) is 0 Å². The number of hydrogen-bond donors (Lipinski definition) is 1. The Morgan fingerprint density at radius 2 is 2.19 bits per heavy atom. The second-order valence-corrected chi connectivity index (χ2v) is 5.28. The normalized spacial score (nSPS) is 23.6. The van der Waals surface area contributed by atoms with Crippen molar-refractivity contribution in [2.24, 2.45) is 4.99 Å². The Kier molecular flexibility index (Phi) is 3.44. The van der Waals surface area contributed by atoms with E-state index in [0.717, 1.165) is 0 Å². The Labute approximate surface area is 94.3 Å². The standard InChI is InChI=1S/C10H13NO4S/c1-8(2)9(12)10(4-3-6-11-10)5-7-16(13,14)15/h3-4,6H,1,5,7H2,2H3,(H,13,14,15). The van der Waals surface area contributed by atoms with Gasteiger partial charge in [-0.3, -0.25) is 14.3 Å². The van der Waals surface area contributed by atoms with Gasteiger partial charge in [0.05, 0.1) is 5.75 Å². The van der Waals surface area contributed by atoms with E-state index in [4.69, 9.17) is 4.55 Å². The van der Waals surface area contributed by atoms with Crippen molar-refractivity contribution in [2.45, 2.75) is 18.9 Å². The van der Waals surface area contributed by atoms with E-state index in [2.05, 4.69) is 11.6 Å². The van der Waals surface area contributed by atoms with Crippen molar-refractivity contribution in [3.63, 3.8) is 0 Å². The molecule has 1 aliphatic heterocycles. The number of carbonyl (C=O) groups is 1. The summed E-state index contributed by atoms with van der Waals surface area (Å²) < 4.78 is 30.0. The Hall–Kier alpha value is -1.27. The summed E-state index contributed by atoms with van der Waals surface area (Å²) in [4.78, 5) is 15.8. The van der Waals surface area contributed by atoms with Gasteiger partial charge >= 0.3 is 0 Å². The van der Waals surface area contributed by atoms with Gasteiger partial charge in [0, 0.05) is 6.21 Å². The molecule has 0 aliphatic carbocycles. The number of allylic oxidation sites excluding steroid dienone is 1. The zero-order valence-electron chi connectivity index (χ0n) is 8.88. The number of Topliss-reactive ketones (excluding diaryl/α,β-unsaturated/α-hetero) is 1. The Balaban J connectivity index is 2.92. The summed E-state index contributed by atoms with van der Waals surface area (Å²) in [6.45, 7) is 5.06. The average Bonchev–Trinajstić information content (AvgIpc) is 2.62. The van der Waals surface area contributed by atoms with Crippen LogP contribution in [-0.4, -0.2) is 36.3 Å². The van der Waals surface area contributed by atoms with Gasteiger partial charge in [-0.15, -0.1) is 0 Å². The molecule has 1 aliphatic rings. The van der Waals surface area contributed by atoms with E-state index in [0.29, 0.717) is 5.57 Å². The molecule has 5 nitrogen and oxygen atoms in total. The van der Waals surface area contributed by atoms with Crippen LogP contribution in [0.5, 0.6) is 0 Å². The summed E-state index contributed by atoms with van der Waals surface area (Å²) >= 11 is 0. The van der Waals surface area contributed by atoms with Gasteiger partial charge in [0.1, 0.15) is 5.54 Å². The van der Waals surface area contributed by atoms with Gasteiger partial charge < -0.3 is 0 Å². The molecule has 1 N–H and O–H groups in total. The Bertz CT molecular complexity index is 461. The van der Waals surface area contributed by atoms with E-state index in [1.165, 1.54) is 12.3 Å². The predicted octanol–water partition coefficient (Wildman–Crippen LogP) is 0.789. The largest absolute Gasteiger partial charge is 0.291 e. The van der Waals surface area contributed by atoms with E-state index in [9.17, 15) is 13.2 Å². The van der Waals surface area contributed by atoms with Gasteiger partial charge in [-0.25, -0.2) is 0 Å². The second kappa shape index (κ2) is 4.31. The average molecular weight is 243 g/mol. The lowest BCUT2D eigenvalue weighted by Gasteiger charge is -2.21. The van der Waals surface area contributed by atoms with E-state index in [1.54, 1.807) is 13.0 Å². The van der Waals surface area contributed by atoms with Crippen molar-refractivity contribution in [1.29, 1.82) is 0 Å². The van der Waals surface area contributed by atoms with Gasteiger partial charge in [0.2, 0.25) is 0 Å². The molecule has 0 aromatic carbocycles. The van der Waals surface area contributed by atoms with Gasteiger partial charge in [0.25, 0.3) is 10.1 Å². The highest BCUT2D eigenvalue weighted by molar-refractivity contribution is 7.85. The lowest BCUT2D eigenvalue weighted by atomic mass is 9.89. The quantitative estimate of drug-likeness (QED) is 0.571. The molecule has 6 heteroatoms. The van der Waals surface area contributed by atoms with Crippen LogP contribution < -0.4 is 0 Å². The van der Waals surface area contributed by atoms with Crippen molar-refractivity contribution >= 4 is 22.1 Å². The van der Waals surface area contributed by atoms with Crippen molar-refractivity contribution in [3.8, 4) is 0 Å². The van der Waals surface area contributed by atoms with Crippen LogP contribution in [0.3, 0.4) is 0 Å². The minimum atomic E-state index is -4.10. The fourth-order valence-electron chi connectivity index (χ4n) is 1.47. The van der Waals surface area contributed by atoms with Crippen molar-refractivity contribution < 1.29 is 17.8 Å². The third-order valence-corrected chi connectivity index (χ3v) is 3.00. The molecule has 1 rings (SSSR count). The molecular formula is C10H13NO4S. The molecule has 0 aromatic rings. The molecule has 88 valence electrons. The molecule has 0 radical (unpaired) electrons. The highest BCUT2D eigenvalue weighted by atomic mass is 32.2. The molecular weight excluding hydrogens is 230 g/mol. The van der Waals surface area contributed by atoms with E-state index < -0.39 is 21.4 Å². The first-order chi connectivity index (χ1) is 7.27. The smallest absolute Gasteiger partial charge is 0.264 e. The van der Waals surface area contributed by atoms with Gasteiger partial charge in [-0.05, 0) is 31.1 Å². The molecule has 0 saturated heterocycles. The maximum atomic E-state index is 11.8. The number of rotatable bonds is 5. The number of nitrogens with zero attached hydrogens (tertiary/aromatic N) is 1. The van der Waals surface area contributed by atoms with Crippen LogP contribution in [0.25, 0.3) is 0 Å². The van der Waals surface area contributed by atoms with Crippen LogP contribution in [0, 0.1) is 0 Å². The van der Waals surface area contributed by atoms with Crippen LogP contribution in [0.4, 0.5) is 0 Å². The molecule has 0 saturated carbocycles. The summed E-state index contributed by atoms with van der Waals surface area (Å²) in [6, 6.07) is 0. The van der Waals surface area contributed by atoms with Crippen LogP contribution in [0.15, 0.2) is 29.3 Å². The summed E-state index contributed by atoms with van der Waals surface area (Å²) in [6.07, 6.45) is 4.45. The maximum absolute atomic E-state index is 11.8. The predicted molar refractivity (Wildman–Crippen MR) is 61.2 cm³/mol. The number of aliphatic imine (C=N–C) groups is 1. The highest BCUT2D eigenvalue weighted by Crippen LogP contribution is 2.26. The molecule has 0 aromatic heterocycles. The summed E-state index contributed by atoms with van der Waals surface area (Å²) in [5, 5.41) is 0. The number of ketones is 1. The minimum Gasteiger partial charge on any atom is -0.291 e. The minimum absolute atomic E-state index is 0.0788. The molecule has 1 unspecified atom stereocenters. The molecule has 1 atom stereocenters. The first kappa shape index (κ1) is 12.8. The van der Waals surface area contributed by atoms with Crippen LogP contribution >= 0.6 is 0 Å². The summed E-state index contributed by atoms with van der Waals surface area (Å²) in [5.74, 6) is -0.839. The van der Waals surface area contributed by atoms with Crippen molar-refractivity contribution in [3.05, 3.63) is 24.3 Å². The Morgan fingerprint density at radius 3 is 2.56 bits per heavy atom. The highest BCUT2D eigenvalue weighted by Gasteiger charge is 2.37. The number of carbonyl (C=O) groups excluding carboxylic acids is 1. The van der Waals surface area contributed by atoms with Crippen LogP contribution in [-0.2, 0) is 14.9 Å². The topological polar surface area (TPSA) is 83.8 Å². The lowest BCUT2D eigenvalue weighted by molar-refractivity contribution is -0.118. The van der Waals surface area contributed by atoms with Gasteiger partial charge in [0.15, 0.2) is 5.78 Å². The van der Waals surface area contributed by atoms with Crippen molar-refractivity contribution in [1.82, 2.24) is 0 Å². The lowest BCUT2D eigenvalue weighted by Crippen LogP contribution is -2.36. The zero-order chi connectivity index (χ0) is 12.4. The van der Waals surface area contributed by atoms with Gasteiger partial charge in [-0.1, -0.05) is 6.58 Å². The second-order valence-electron chi connectivity index (χ2n) is 3.71. The molecule has 1 heterocycles. The van der Waals surface area contributed by atoms with E-state index in [-0.39, 0.29) is 12.2 Å². The first-order valence-corrected chi connectivity index (χ1v) is 6.26. The fraction of sp³-hybridized carbons (Fsp3) is 0.400. The van der Waals surface area contributed by atoms with Gasteiger partial charge in [-0.2, -0.15) is 8.42 Å². The van der Waals surface area contributed by atoms with Crippen LogP contribution in [0.2, 0.25) is 0 Å². The maximum Gasteiger partial charge on any atom is 0.264 e. The molecule has 0 amide bonds. The molecule has 0 bridgehead atoms. The summed E-state index contributed by atoms with van der Waals surface area (Å²) in [7, 11) is -4.10. The zero-order valence-corrected chi connectivity index (χ0v) is 9.70. The van der Waals surface area contributed by atoms with Crippen LogP contribution in [0.1, 0.15) is 13.3 Å². The van der Waals surface area contributed by atoms with Crippen molar-refractivity contribution in [2.75, 3.05) is 5.75 Å². The molecule has 0 spiro atoms. The third kappa shape index (κ3) is 2.86. The molecule has 0 fully saturated rings. The molecule has 16 heavy (non-hydrogen) atoms. The summed E-state index contributed by atoms with van der Waals surface area (Å²) in [5.41, 5.74) is -0.902. The third-order valence-electron chi connectivity index (χ3n) is 2.28. The SMILES string of the molecule is C=C(C)C(=O)C1(CCS(=O)(=O)O)C=CC=N1. The Morgan fingerprint density at radius 1 is 1.56 bits per heavy atom. The van der Waals surface area contributed by atoms with E-state index >= 15 is 0 Å².